The van der Waals surface area contributed by atoms with Crippen LogP contribution in [0.25, 0.3) is 46.4 Å². The second-order valence-corrected chi connectivity index (χ2v) is 22.4. The van der Waals surface area contributed by atoms with E-state index < -0.39 is 0 Å². The fraction of sp³-hybridized carbons (Fsp3) is 0.105. The maximum Gasteiger partial charge on any atom is 0.0957 e. The Morgan fingerprint density at radius 1 is 0.202 bits per heavy atom. The Kier molecular flexibility index (Phi) is 13.9. The average Bonchev–Trinajstić information content (AvgIpc) is 3.38. The van der Waals surface area contributed by atoms with E-state index >= 15 is 0 Å². The molecular weight excluding hydrogens is 1020 g/mol. The molecule has 3 aromatic heterocycles. The first kappa shape index (κ1) is 52.9. The van der Waals surface area contributed by atoms with E-state index in [2.05, 4.69) is 328 Å². The summed E-state index contributed by atoms with van der Waals surface area (Å²) in [6.45, 7) is 17.1. The number of rotatable bonds is 12. The van der Waals surface area contributed by atoms with Crippen molar-refractivity contribution in [2.24, 2.45) is 0 Å². The fourth-order valence-corrected chi connectivity index (χ4v) is 11.3. The van der Waals surface area contributed by atoms with Gasteiger partial charge in [-0.1, -0.05) is 142 Å². The summed E-state index contributed by atoms with van der Waals surface area (Å²) < 4.78 is 0. The van der Waals surface area contributed by atoms with E-state index in [4.69, 9.17) is 9.97 Å². The highest BCUT2D eigenvalue weighted by Gasteiger charge is 2.28. The summed E-state index contributed by atoms with van der Waals surface area (Å²) in [5, 5.41) is 0. The van der Waals surface area contributed by atoms with E-state index in [1.165, 1.54) is 44.5 Å². The highest BCUT2D eigenvalue weighted by molar-refractivity contribution is 6.03. The molecule has 0 aliphatic carbocycles. The first-order valence-corrected chi connectivity index (χ1v) is 28.8. The van der Waals surface area contributed by atoms with Gasteiger partial charge in [-0.2, -0.15) is 0 Å². The normalized spacial score (nSPS) is 11.7. The maximum absolute atomic E-state index is 5.88. The number of aromatic nitrogens is 4. The van der Waals surface area contributed by atoms with Crippen LogP contribution in [0.15, 0.2) is 218 Å². The van der Waals surface area contributed by atoms with Crippen LogP contribution < -0.4 is 19.6 Å². The van der Waals surface area contributed by atoms with Crippen molar-refractivity contribution in [1.82, 2.24) is 19.9 Å². The minimum absolute atomic E-state index is 0.782. The molecule has 84 heavy (non-hydrogen) atoms. The lowest BCUT2D eigenvalue weighted by Gasteiger charge is -2.28. The molecule has 8 aromatic carbocycles. The molecule has 8 bridgehead atoms. The summed E-state index contributed by atoms with van der Waals surface area (Å²) in [4.78, 5) is 29.3. The lowest BCUT2D eigenvalue weighted by atomic mass is 10.1. The van der Waals surface area contributed by atoms with Crippen molar-refractivity contribution in [2.45, 2.75) is 55.4 Å². The summed E-state index contributed by atoms with van der Waals surface area (Å²) >= 11 is 0. The van der Waals surface area contributed by atoms with Crippen LogP contribution in [-0.2, 0) is 0 Å². The molecule has 11 aromatic rings. The van der Waals surface area contributed by atoms with Crippen LogP contribution in [0.3, 0.4) is 0 Å². The summed E-state index contributed by atoms with van der Waals surface area (Å²) in [5.74, 6) is 0. The van der Waals surface area contributed by atoms with Crippen LogP contribution in [0.1, 0.15) is 67.3 Å². The molecule has 0 saturated heterocycles. The summed E-state index contributed by atoms with van der Waals surface area (Å²) in [5.41, 5.74) is 27.5. The van der Waals surface area contributed by atoms with Gasteiger partial charge in [0.15, 0.2) is 0 Å². The highest BCUT2D eigenvalue weighted by Crippen LogP contribution is 2.48. The van der Waals surface area contributed by atoms with Crippen molar-refractivity contribution in [3.63, 3.8) is 0 Å². The van der Waals surface area contributed by atoms with Crippen molar-refractivity contribution >= 4 is 115 Å². The molecule has 0 fully saturated rings. The van der Waals surface area contributed by atoms with Crippen LogP contribution >= 0.6 is 0 Å². The third-order valence-corrected chi connectivity index (χ3v) is 15.9. The molecule has 8 nitrogen and oxygen atoms in total. The van der Waals surface area contributed by atoms with Crippen LogP contribution in [0.4, 0.5) is 68.2 Å². The van der Waals surface area contributed by atoms with Crippen molar-refractivity contribution in [1.29, 1.82) is 0 Å². The molecular formula is C76H66N8. The molecule has 13 rings (SSSR count). The molecule has 2 N–H and O–H groups in total. The Morgan fingerprint density at radius 2 is 0.345 bits per heavy atom. The number of aromatic amines is 2. The number of benzene rings is 8. The number of aryl methyl sites for hydroxylation is 8. The molecule has 8 heteroatoms. The zero-order chi connectivity index (χ0) is 57.6. The van der Waals surface area contributed by atoms with Crippen LogP contribution in [-0.4, -0.2) is 19.9 Å². The third kappa shape index (κ3) is 10.3. The molecule has 5 heterocycles. The van der Waals surface area contributed by atoms with Gasteiger partial charge in [-0.3, -0.25) is 0 Å². The SMILES string of the molecule is Cc1ccc(N(c2ccc(C)cc2)c2c3nc(c(N(c4ccc(C)cc4)c4ccc(C)cc4)c4ccc([nH]4)c(N(c4ccc(C)cc4)c4ccc(C)cc4)c4nc(c(N(c5ccc(C)cc5)c5ccc(C)cc5)c5ccc2[nH]5)C=C4)C=C3)cc1. The number of hydrogen-bond donors (Lipinski definition) is 2. The Balaban J connectivity index is 1.23. The maximum atomic E-state index is 5.88. The number of fused-ring (bicyclic) bond motifs is 8. The molecule has 0 unspecified atom stereocenters. The van der Waals surface area contributed by atoms with Gasteiger partial charge in [0, 0.05) is 45.5 Å². The van der Waals surface area contributed by atoms with Gasteiger partial charge < -0.3 is 29.6 Å². The van der Waals surface area contributed by atoms with E-state index in [0.717, 1.165) is 113 Å². The molecule has 2 aliphatic heterocycles. The fourth-order valence-electron chi connectivity index (χ4n) is 11.3. The third-order valence-electron chi connectivity index (χ3n) is 15.9. The Bertz CT molecular complexity index is 3700. The van der Waals surface area contributed by atoms with Gasteiger partial charge in [0.05, 0.1) is 67.6 Å². The highest BCUT2D eigenvalue weighted by atomic mass is 15.2. The zero-order valence-corrected chi connectivity index (χ0v) is 48.8. The average molecular weight is 1090 g/mol. The quantitative estimate of drug-likeness (QED) is 0.127. The smallest absolute Gasteiger partial charge is 0.0957 e. The van der Waals surface area contributed by atoms with Crippen molar-refractivity contribution < 1.29 is 0 Å². The predicted octanol–water partition coefficient (Wildman–Crippen LogP) is 21.0. The lowest BCUT2D eigenvalue weighted by molar-refractivity contribution is 1.20. The summed E-state index contributed by atoms with van der Waals surface area (Å²) in [6, 6.07) is 79.0. The van der Waals surface area contributed by atoms with E-state index in [0.29, 0.717) is 0 Å². The first-order valence-electron chi connectivity index (χ1n) is 28.8. The van der Waals surface area contributed by atoms with E-state index in [-0.39, 0.29) is 0 Å². The number of hydrogen-bond acceptors (Lipinski definition) is 6. The number of nitrogens with one attached hydrogen (secondary N) is 2. The minimum Gasteiger partial charge on any atom is -0.352 e. The van der Waals surface area contributed by atoms with Gasteiger partial charge in [-0.05, 0) is 201 Å². The van der Waals surface area contributed by atoms with Gasteiger partial charge in [0.2, 0.25) is 0 Å². The van der Waals surface area contributed by atoms with Crippen LogP contribution in [0.5, 0.6) is 0 Å². The molecule has 2 aliphatic rings. The minimum atomic E-state index is 0.782. The van der Waals surface area contributed by atoms with Gasteiger partial charge >= 0.3 is 0 Å². The zero-order valence-electron chi connectivity index (χ0n) is 48.8. The number of nitrogens with zero attached hydrogens (tertiary/aromatic N) is 6. The van der Waals surface area contributed by atoms with E-state index in [1.807, 2.05) is 0 Å². The van der Waals surface area contributed by atoms with Crippen LogP contribution in [0.2, 0.25) is 0 Å². The molecule has 0 atom stereocenters. The second kappa shape index (κ2) is 22.1. The van der Waals surface area contributed by atoms with Gasteiger partial charge in [-0.25, -0.2) is 9.97 Å². The monoisotopic (exact) mass is 1090 g/mol. The van der Waals surface area contributed by atoms with Gasteiger partial charge in [0.25, 0.3) is 0 Å². The summed E-state index contributed by atoms with van der Waals surface area (Å²) in [6.07, 6.45) is 8.72. The van der Waals surface area contributed by atoms with Gasteiger partial charge in [-0.15, -0.1) is 0 Å². The Hall–Kier alpha value is -10.4. The largest absolute Gasteiger partial charge is 0.352 e. The molecule has 0 radical (unpaired) electrons. The van der Waals surface area contributed by atoms with E-state index in [9.17, 15) is 0 Å². The molecule has 0 spiro atoms. The summed E-state index contributed by atoms with van der Waals surface area (Å²) in [7, 11) is 0. The Morgan fingerprint density at radius 3 is 0.488 bits per heavy atom. The van der Waals surface area contributed by atoms with Crippen molar-refractivity contribution in [3.8, 4) is 0 Å². The molecule has 410 valence electrons. The first-order chi connectivity index (χ1) is 40.9. The number of H-pyrrole nitrogens is 2. The lowest BCUT2D eigenvalue weighted by Crippen LogP contribution is -2.13. The molecule has 0 saturated carbocycles. The number of anilines is 12. The van der Waals surface area contributed by atoms with Crippen LogP contribution in [0, 0.1) is 55.4 Å². The standard InChI is InChI=1S/C76H66N8/c1-49-9-25-57(26-10-49)81(58-27-11-50(2)12-28-58)73-65-41-43-67(77-65)74(82(59-29-13-51(3)14-30-59)60-31-15-52(4)16-32-60)69-45-47-71(79-69)76(84(63-37-21-55(7)22-38-63)64-39-23-56(8)24-40-64)72-48-46-70(80-72)75(68-44-42-66(73)78-68)83(61-33-17-53(5)18-34-61)62-35-19-54(6)20-36-62/h9-48,77,80H,1-8H3. The van der Waals surface area contributed by atoms with Gasteiger partial charge in [0.1, 0.15) is 0 Å². The Labute approximate surface area is 492 Å². The topological polar surface area (TPSA) is 70.3 Å². The van der Waals surface area contributed by atoms with Crippen molar-refractivity contribution in [2.75, 3.05) is 19.6 Å². The van der Waals surface area contributed by atoms with E-state index in [1.54, 1.807) is 0 Å². The second-order valence-electron chi connectivity index (χ2n) is 22.4. The van der Waals surface area contributed by atoms with Crippen molar-refractivity contribution in [3.05, 3.63) is 286 Å². The molecule has 0 amide bonds. The predicted molar refractivity (Wildman–Crippen MR) is 355 cm³/mol.